The lowest BCUT2D eigenvalue weighted by atomic mass is 10.0. The molecule has 0 atom stereocenters. The van der Waals surface area contributed by atoms with Gasteiger partial charge in [0.15, 0.2) is 8.07 Å². The third-order valence-electron chi connectivity index (χ3n) is 9.68. The lowest BCUT2D eigenvalue weighted by molar-refractivity contribution is 0.642. The number of hydrogen-bond donors (Lipinski definition) is 0. The van der Waals surface area contributed by atoms with Gasteiger partial charge in [-0.25, -0.2) is 0 Å². The molecule has 7 aromatic carbocycles. The zero-order valence-corrected chi connectivity index (χ0v) is 27.8. The number of rotatable bonds is 7. The van der Waals surface area contributed by atoms with E-state index < -0.39 is 8.07 Å². The van der Waals surface area contributed by atoms with Gasteiger partial charge in [-0.1, -0.05) is 158 Å². The Kier molecular flexibility index (Phi) is 7.44. The maximum atomic E-state index is 2.48. The van der Waals surface area contributed by atoms with Crippen molar-refractivity contribution in [1.82, 2.24) is 4.57 Å². The van der Waals surface area contributed by atoms with E-state index in [1.807, 2.05) is 0 Å². The van der Waals surface area contributed by atoms with Crippen LogP contribution in [0.4, 0.5) is 0 Å². The molecule has 1 nitrogen and oxygen atoms in total. The van der Waals surface area contributed by atoms with Crippen molar-refractivity contribution >= 4 is 50.6 Å². The van der Waals surface area contributed by atoms with Crippen molar-refractivity contribution < 1.29 is 0 Å². The second-order valence-electron chi connectivity index (χ2n) is 12.7. The molecule has 0 fully saturated rings. The Labute approximate surface area is 278 Å². The van der Waals surface area contributed by atoms with Crippen LogP contribution in [0, 0.1) is 0 Å². The zero-order chi connectivity index (χ0) is 31.8. The van der Waals surface area contributed by atoms with Crippen molar-refractivity contribution in [3.63, 3.8) is 0 Å². The number of hydrogen-bond acceptors (Lipinski definition) is 0. The van der Waals surface area contributed by atoms with Crippen LogP contribution in [0.25, 0.3) is 44.1 Å². The minimum atomic E-state index is -2.62. The molecule has 0 N–H and O–H groups in total. The van der Waals surface area contributed by atoms with Crippen molar-refractivity contribution in [3.8, 4) is 22.3 Å². The monoisotopic (exact) mass is 619 g/mol. The van der Waals surface area contributed by atoms with Gasteiger partial charge < -0.3 is 4.57 Å². The van der Waals surface area contributed by atoms with E-state index in [1.54, 1.807) is 0 Å². The minimum absolute atomic E-state index is 0.348. The van der Waals surface area contributed by atoms with Gasteiger partial charge in [0.1, 0.15) is 0 Å². The Morgan fingerprint density at radius 1 is 0.362 bits per heavy atom. The fourth-order valence-corrected chi connectivity index (χ4v) is 12.4. The fraction of sp³-hybridized carbons (Fsp3) is 0.0667. The molecule has 226 valence electrons. The minimum Gasteiger partial charge on any atom is -0.338 e. The molecule has 0 spiro atoms. The summed E-state index contributed by atoms with van der Waals surface area (Å²) in [7, 11) is -2.62. The summed E-state index contributed by atoms with van der Waals surface area (Å²) in [5.41, 5.74) is 7.54. The lowest BCUT2D eigenvalue weighted by Gasteiger charge is -2.34. The molecule has 8 aromatic rings. The van der Waals surface area contributed by atoms with Crippen LogP contribution in [0.5, 0.6) is 0 Å². The molecule has 0 aliphatic rings. The van der Waals surface area contributed by atoms with Gasteiger partial charge in [0.2, 0.25) is 0 Å². The summed E-state index contributed by atoms with van der Waals surface area (Å²) < 4.78 is 2.48. The summed E-state index contributed by atoms with van der Waals surface area (Å²) in [5.74, 6) is 0. The van der Waals surface area contributed by atoms with Crippen molar-refractivity contribution in [1.29, 1.82) is 0 Å². The van der Waals surface area contributed by atoms with Gasteiger partial charge in [-0.2, -0.15) is 0 Å². The van der Waals surface area contributed by atoms with E-state index in [4.69, 9.17) is 0 Å². The maximum Gasteiger partial charge on any atom is 0.179 e. The van der Waals surface area contributed by atoms with Crippen LogP contribution >= 0.6 is 0 Å². The highest BCUT2D eigenvalue weighted by Crippen LogP contribution is 2.37. The van der Waals surface area contributed by atoms with E-state index in [0.717, 1.165) is 0 Å². The van der Waals surface area contributed by atoms with Crippen LogP contribution in [0.1, 0.15) is 19.9 Å². The Hall–Kier alpha value is -5.44. The molecule has 0 amide bonds. The summed E-state index contributed by atoms with van der Waals surface area (Å²) in [6.07, 6.45) is 0. The predicted octanol–water partition coefficient (Wildman–Crippen LogP) is 9.09. The molecule has 0 radical (unpaired) electrons. The van der Waals surface area contributed by atoms with E-state index in [2.05, 4.69) is 200 Å². The first-order valence-corrected chi connectivity index (χ1v) is 18.6. The Morgan fingerprint density at radius 2 is 0.745 bits per heavy atom. The Bertz CT molecular complexity index is 2210. The van der Waals surface area contributed by atoms with Crippen molar-refractivity contribution in [2.45, 2.75) is 19.9 Å². The van der Waals surface area contributed by atoms with Crippen LogP contribution in [-0.4, -0.2) is 12.6 Å². The molecule has 47 heavy (non-hydrogen) atoms. The van der Waals surface area contributed by atoms with Gasteiger partial charge in [0.05, 0.1) is 0 Å². The quantitative estimate of drug-likeness (QED) is 0.124. The first kappa shape index (κ1) is 29.0. The standard InChI is InChI=1S/C45H37NSi/c1-33(2)46-44-28-26-36(34-16-7-3-8-17-34)31-42(44)43-32-37(27-29-45(43)46)35-18-15-25-41(30-35)47(38-19-9-4-10-20-38,39-21-11-5-12-22-39)40-23-13-6-14-24-40/h3-33H,1-2H3. The molecule has 0 bridgehead atoms. The van der Waals surface area contributed by atoms with Crippen LogP contribution in [-0.2, 0) is 0 Å². The highest BCUT2D eigenvalue weighted by molar-refractivity contribution is 7.19. The summed E-state index contributed by atoms with van der Waals surface area (Å²) >= 11 is 0. The molecule has 0 unspecified atom stereocenters. The summed E-state index contributed by atoms with van der Waals surface area (Å²) in [6, 6.07) is 67.9. The lowest BCUT2D eigenvalue weighted by Crippen LogP contribution is -2.74. The van der Waals surface area contributed by atoms with Gasteiger partial charge in [-0.15, -0.1) is 0 Å². The molecule has 0 aliphatic carbocycles. The zero-order valence-electron chi connectivity index (χ0n) is 26.8. The molecule has 1 aromatic heterocycles. The van der Waals surface area contributed by atoms with Crippen LogP contribution < -0.4 is 20.7 Å². The number of fused-ring (bicyclic) bond motifs is 3. The van der Waals surface area contributed by atoms with E-state index in [0.29, 0.717) is 6.04 Å². The molecular formula is C45H37NSi. The number of aromatic nitrogens is 1. The second-order valence-corrected chi connectivity index (χ2v) is 16.5. The highest BCUT2D eigenvalue weighted by Gasteiger charge is 2.41. The van der Waals surface area contributed by atoms with Crippen molar-refractivity contribution in [2.24, 2.45) is 0 Å². The molecule has 8 rings (SSSR count). The van der Waals surface area contributed by atoms with Crippen molar-refractivity contribution in [3.05, 3.63) is 182 Å². The van der Waals surface area contributed by atoms with Gasteiger partial charge in [-0.3, -0.25) is 0 Å². The SMILES string of the molecule is CC(C)n1c2ccc(-c3ccccc3)cc2c2cc(-c3cccc([Si](c4ccccc4)(c4ccccc4)c4ccccc4)c3)ccc21. The predicted molar refractivity (Wildman–Crippen MR) is 204 cm³/mol. The van der Waals surface area contributed by atoms with E-state index >= 15 is 0 Å². The molecule has 0 aliphatic heterocycles. The second kappa shape index (κ2) is 12.1. The molecule has 1 heterocycles. The molecule has 0 saturated carbocycles. The van der Waals surface area contributed by atoms with Gasteiger partial charge in [-0.05, 0) is 81.1 Å². The smallest absolute Gasteiger partial charge is 0.179 e. The number of nitrogens with zero attached hydrogens (tertiary/aromatic N) is 1. The van der Waals surface area contributed by atoms with E-state index in [1.165, 1.54) is 64.8 Å². The van der Waals surface area contributed by atoms with Gasteiger partial charge in [0, 0.05) is 27.8 Å². The average Bonchev–Trinajstić information content (AvgIpc) is 3.47. The first-order chi connectivity index (χ1) is 23.1. The van der Waals surface area contributed by atoms with Gasteiger partial charge in [0.25, 0.3) is 0 Å². The van der Waals surface area contributed by atoms with E-state index in [-0.39, 0.29) is 0 Å². The molecule has 2 heteroatoms. The van der Waals surface area contributed by atoms with Crippen LogP contribution in [0.15, 0.2) is 182 Å². The fourth-order valence-electron chi connectivity index (χ4n) is 7.60. The largest absolute Gasteiger partial charge is 0.338 e. The molecular weight excluding hydrogens is 583 g/mol. The summed E-state index contributed by atoms with van der Waals surface area (Å²) in [6.45, 7) is 4.56. The van der Waals surface area contributed by atoms with E-state index in [9.17, 15) is 0 Å². The number of benzene rings is 7. The topological polar surface area (TPSA) is 4.93 Å². The summed E-state index contributed by atoms with van der Waals surface area (Å²) in [5, 5.41) is 8.15. The van der Waals surface area contributed by atoms with Crippen molar-refractivity contribution in [2.75, 3.05) is 0 Å². The first-order valence-electron chi connectivity index (χ1n) is 16.6. The maximum absolute atomic E-state index is 2.62. The van der Waals surface area contributed by atoms with Gasteiger partial charge >= 0.3 is 0 Å². The Morgan fingerprint density at radius 3 is 1.21 bits per heavy atom. The summed E-state index contributed by atoms with van der Waals surface area (Å²) in [4.78, 5) is 0. The molecule has 0 saturated heterocycles. The highest BCUT2D eigenvalue weighted by atomic mass is 28.3. The normalized spacial score (nSPS) is 11.8. The third kappa shape index (κ3) is 4.93. The Balaban J connectivity index is 1.36. The van der Waals surface area contributed by atoms with Crippen LogP contribution in [0.3, 0.4) is 0 Å². The average molecular weight is 620 g/mol. The third-order valence-corrected chi connectivity index (χ3v) is 14.5. The van der Waals surface area contributed by atoms with Crippen LogP contribution in [0.2, 0.25) is 0 Å².